The van der Waals surface area contributed by atoms with Crippen LogP contribution in [0, 0.1) is 5.92 Å². The zero-order chi connectivity index (χ0) is 49.2. The Hall–Kier alpha value is -6.07. The number of hydrogen-bond acceptors (Lipinski definition) is 8. The maximum Gasteiger partial charge on any atom is 0.407 e. The van der Waals surface area contributed by atoms with Gasteiger partial charge in [0.1, 0.15) is 23.7 Å². The summed E-state index contributed by atoms with van der Waals surface area (Å²) in [7, 11) is 3.10. The van der Waals surface area contributed by atoms with Crippen molar-refractivity contribution in [3.05, 3.63) is 71.8 Å². The third-order valence-electron chi connectivity index (χ3n) is 11.2. The van der Waals surface area contributed by atoms with E-state index in [1.807, 2.05) is 95.3 Å². The Balaban J connectivity index is 1.87. The second kappa shape index (κ2) is 25.6. The van der Waals surface area contributed by atoms with Crippen molar-refractivity contribution in [2.45, 2.75) is 142 Å². The number of piperidine rings is 1. The average Bonchev–Trinajstić information content (AvgIpc) is 3.24. The summed E-state index contributed by atoms with van der Waals surface area (Å²) in [5.41, 5.74) is 0.105. The Morgan fingerprint density at radius 1 is 0.803 bits per heavy atom. The molecule has 0 spiro atoms. The molecule has 1 unspecified atom stereocenters. The average molecular weight is 922 g/mol. The Kier molecular flexibility index (Phi) is 21.0. The predicted octanol–water partition coefficient (Wildman–Crippen LogP) is 5.39. The number of nitrogens with zero attached hydrogens (tertiary/aromatic N) is 3. The van der Waals surface area contributed by atoms with E-state index in [9.17, 15) is 38.7 Å². The van der Waals surface area contributed by atoms with E-state index in [-0.39, 0.29) is 56.3 Å². The van der Waals surface area contributed by atoms with E-state index in [0.717, 1.165) is 11.1 Å². The van der Waals surface area contributed by atoms with Gasteiger partial charge in [-0.2, -0.15) is 0 Å². The molecule has 0 radical (unpaired) electrons. The summed E-state index contributed by atoms with van der Waals surface area (Å²) >= 11 is 0. The van der Waals surface area contributed by atoms with Crippen LogP contribution in [0.3, 0.4) is 0 Å². The monoisotopic (exact) mass is 922 g/mol. The molecular formula is C48H75N9O9. The highest BCUT2D eigenvalue weighted by Crippen LogP contribution is 2.21. The van der Waals surface area contributed by atoms with Crippen molar-refractivity contribution in [2.75, 3.05) is 40.3 Å². The van der Waals surface area contributed by atoms with Crippen molar-refractivity contribution >= 4 is 42.0 Å². The third-order valence-corrected chi connectivity index (χ3v) is 11.2. The molecule has 0 aromatic heterocycles. The van der Waals surface area contributed by atoms with Gasteiger partial charge in [-0.3, -0.25) is 14.4 Å². The van der Waals surface area contributed by atoms with Gasteiger partial charge in [0, 0.05) is 58.3 Å². The van der Waals surface area contributed by atoms with Gasteiger partial charge in [0.25, 0.3) is 0 Å². The van der Waals surface area contributed by atoms with Gasteiger partial charge in [0.2, 0.25) is 17.7 Å². The van der Waals surface area contributed by atoms with Crippen LogP contribution in [-0.4, -0.2) is 137 Å². The molecule has 1 aliphatic rings. The molecule has 18 nitrogen and oxygen atoms in total. The molecule has 1 aliphatic heterocycles. The Labute approximate surface area is 390 Å². The zero-order valence-electron chi connectivity index (χ0n) is 40.6. The molecule has 1 saturated heterocycles. The van der Waals surface area contributed by atoms with E-state index in [4.69, 9.17) is 4.74 Å². The Morgan fingerprint density at radius 2 is 1.38 bits per heavy atom. The van der Waals surface area contributed by atoms with Gasteiger partial charge >= 0.3 is 24.2 Å². The van der Waals surface area contributed by atoms with Gasteiger partial charge in [0.05, 0.1) is 6.04 Å². The lowest BCUT2D eigenvalue weighted by atomic mass is 9.99. The first kappa shape index (κ1) is 54.3. The van der Waals surface area contributed by atoms with Gasteiger partial charge in [-0.1, -0.05) is 74.5 Å². The number of ether oxygens (including phenoxy) is 1. The molecule has 1 fully saturated rings. The number of hydrogen-bond donors (Lipinski definition) is 7. The predicted molar refractivity (Wildman–Crippen MR) is 252 cm³/mol. The number of carboxylic acid groups (broad SMARTS) is 1. The van der Waals surface area contributed by atoms with Crippen LogP contribution in [0.5, 0.6) is 0 Å². The number of benzene rings is 2. The lowest BCUT2D eigenvalue weighted by Crippen LogP contribution is -2.59. The van der Waals surface area contributed by atoms with E-state index < -0.39 is 65.3 Å². The smallest absolute Gasteiger partial charge is 0.407 e. The number of amides is 9. The number of urea groups is 2. The Bertz CT molecular complexity index is 1900. The van der Waals surface area contributed by atoms with E-state index in [2.05, 4.69) is 31.9 Å². The standard InChI is InChI=1S/C48H75N9O9/c1-32(2)29-37(40(58)52-36(23-17-18-26-57(46(64)65)47(3,4)5)42(60)56-27-24-35(25-28-56)51-43(61)49-9)53-41(59)38(30-33-19-13-11-14-20-33)54-44(62)55(10)39(34-21-15-12-16-22-34)31-50-45(63)66-48(6,7)8/h11-16,19-22,32,35-39H,17-18,23-31H2,1-10H3,(H,50,63)(H,52,58)(H,53,59)(H,54,62)(H,64,65)(H2,49,51,61)/t36-,37-,38-,39?/m1/s1. The summed E-state index contributed by atoms with van der Waals surface area (Å²) in [4.78, 5) is 98.2. The number of carbonyl (C=O) groups is 7. The topological polar surface area (TPSA) is 231 Å². The molecule has 0 saturated carbocycles. The van der Waals surface area contributed by atoms with Crippen molar-refractivity contribution < 1.29 is 43.4 Å². The fourth-order valence-corrected chi connectivity index (χ4v) is 7.66. The van der Waals surface area contributed by atoms with Crippen LogP contribution in [0.15, 0.2) is 60.7 Å². The van der Waals surface area contributed by atoms with E-state index in [1.165, 1.54) is 16.8 Å². The highest BCUT2D eigenvalue weighted by Gasteiger charge is 2.35. The summed E-state index contributed by atoms with van der Waals surface area (Å²) in [5, 5.41) is 26.7. The molecule has 0 bridgehead atoms. The van der Waals surface area contributed by atoms with E-state index >= 15 is 0 Å². The van der Waals surface area contributed by atoms with Gasteiger partial charge in [-0.25, -0.2) is 19.2 Å². The molecule has 9 amide bonds. The first-order valence-corrected chi connectivity index (χ1v) is 23.0. The molecule has 3 rings (SSSR count). The van der Waals surface area contributed by atoms with Gasteiger partial charge < -0.3 is 56.4 Å². The first-order chi connectivity index (χ1) is 31.0. The minimum absolute atomic E-state index is 0.00817. The molecule has 2 aromatic carbocycles. The maximum atomic E-state index is 14.4. The molecule has 4 atom stereocenters. The second-order valence-corrected chi connectivity index (χ2v) is 19.3. The summed E-state index contributed by atoms with van der Waals surface area (Å²) < 4.78 is 5.44. The quantitative estimate of drug-likeness (QED) is 0.0844. The second-order valence-electron chi connectivity index (χ2n) is 19.3. The van der Waals surface area contributed by atoms with E-state index in [0.29, 0.717) is 38.8 Å². The minimum Gasteiger partial charge on any atom is -0.465 e. The molecular weight excluding hydrogens is 847 g/mol. The van der Waals surface area contributed by atoms with Crippen LogP contribution < -0.4 is 31.9 Å². The lowest BCUT2D eigenvalue weighted by molar-refractivity contribution is -0.138. The lowest BCUT2D eigenvalue weighted by Gasteiger charge is -2.35. The highest BCUT2D eigenvalue weighted by molar-refractivity contribution is 5.94. The molecule has 0 aliphatic carbocycles. The molecule has 1 heterocycles. The van der Waals surface area contributed by atoms with Crippen LogP contribution >= 0.6 is 0 Å². The van der Waals surface area contributed by atoms with Crippen LogP contribution in [-0.2, 0) is 25.5 Å². The number of nitrogens with one attached hydrogen (secondary N) is 6. The largest absolute Gasteiger partial charge is 0.465 e. The fourth-order valence-electron chi connectivity index (χ4n) is 7.66. The van der Waals surface area contributed by atoms with Crippen molar-refractivity contribution in [3.63, 3.8) is 0 Å². The van der Waals surface area contributed by atoms with E-state index in [1.54, 1.807) is 32.7 Å². The van der Waals surface area contributed by atoms with Crippen molar-refractivity contribution in [1.29, 1.82) is 0 Å². The molecule has 2 aromatic rings. The van der Waals surface area contributed by atoms with Crippen LogP contribution in [0.1, 0.15) is 111 Å². The summed E-state index contributed by atoms with van der Waals surface area (Å²) in [5.74, 6) is -1.57. The Morgan fingerprint density at radius 3 is 1.92 bits per heavy atom. The van der Waals surface area contributed by atoms with Gasteiger partial charge in [-0.15, -0.1) is 0 Å². The SMILES string of the molecule is CNC(=O)NC1CCN(C(=O)[C@@H](CCCCN(C(=O)O)C(C)(C)C)NC(=O)[C@@H](CC(C)C)NC(=O)[C@@H](Cc2ccccc2)NC(=O)N(C)C(CNC(=O)OC(C)(C)C)c2ccccc2)CC1. The first-order valence-electron chi connectivity index (χ1n) is 23.0. The van der Waals surface area contributed by atoms with Crippen molar-refractivity contribution in [3.8, 4) is 0 Å². The number of alkyl carbamates (subject to hydrolysis) is 1. The van der Waals surface area contributed by atoms with Crippen LogP contribution in [0.2, 0.25) is 0 Å². The molecule has 66 heavy (non-hydrogen) atoms. The van der Waals surface area contributed by atoms with Crippen LogP contribution in [0.4, 0.5) is 19.2 Å². The van der Waals surface area contributed by atoms with Crippen molar-refractivity contribution in [1.82, 2.24) is 46.6 Å². The fraction of sp³-hybridized carbons (Fsp3) is 0.604. The van der Waals surface area contributed by atoms with Crippen LogP contribution in [0.25, 0.3) is 0 Å². The summed E-state index contributed by atoms with van der Waals surface area (Å²) in [6.07, 6.45) is 0.695. The van der Waals surface area contributed by atoms with Gasteiger partial charge in [-0.05, 0) is 97.1 Å². The van der Waals surface area contributed by atoms with Gasteiger partial charge in [0.15, 0.2) is 0 Å². The molecule has 18 heteroatoms. The summed E-state index contributed by atoms with van der Waals surface area (Å²) in [6, 6.07) is 13.3. The number of rotatable bonds is 20. The molecule has 366 valence electrons. The number of likely N-dealkylation sites (tertiary alicyclic amines) is 1. The van der Waals surface area contributed by atoms with Crippen molar-refractivity contribution in [2.24, 2.45) is 5.92 Å². The molecule has 7 N–H and O–H groups in total. The summed E-state index contributed by atoms with van der Waals surface area (Å²) in [6.45, 7) is 15.4. The highest BCUT2D eigenvalue weighted by atomic mass is 16.6. The number of likely N-dealkylation sites (N-methyl/N-ethyl adjacent to an activating group) is 1. The third kappa shape index (κ3) is 18.4. The minimum atomic E-state index is -1.15. The normalized spacial score (nSPS) is 15.0. The zero-order valence-corrected chi connectivity index (χ0v) is 40.6. The number of carbonyl (C=O) groups excluding carboxylic acids is 6. The maximum absolute atomic E-state index is 14.4. The number of unbranched alkanes of at least 4 members (excludes halogenated alkanes) is 1.